The first-order valence-electron chi connectivity index (χ1n) is 6.65. The number of likely N-dealkylation sites (N-methyl/N-ethyl adjacent to an activating group) is 1. The highest BCUT2D eigenvalue weighted by Gasteiger charge is 2.31. The van der Waals surface area contributed by atoms with Gasteiger partial charge in [-0.1, -0.05) is 12.1 Å². The lowest BCUT2D eigenvalue weighted by molar-refractivity contribution is -0.137. The van der Waals surface area contributed by atoms with E-state index in [1.165, 1.54) is 12.1 Å². The van der Waals surface area contributed by atoms with Gasteiger partial charge in [-0.25, -0.2) is 0 Å². The van der Waals surface area contributed by atoms with Crippen LogP contribution in [0.15, 0.2) is 30.3 Å². The normalized spacial score (nSPS) is 13.4. The molecule has 0 fully saturated rings. The molecule has 6 heteroatoms. The van der Waals surface area contributed by atoms with Crippen LogP contribution in [0.4, 0.5) is 13.2 Å². The van der Waals surface area contributed by atoms with Crippen LogP contribution in [0, 0.1) is 6.92 Å². The highest BCUT2D eigenvalue weighted by Crippen LogP contribution is 2.31. The lowest BCUT2D eigenvalue weighted by Gasteiger charge is -2.18. The van der Waals surface area contributed by atoms with Crippen molar-refractivity contribution in [3.8, 4) is 0 Å². The molecule has 21 heavy (non-hydrogen) atoms. The zero-order chi connectivity index (χ0) is 15.6. The molecule has 114 valence electrons. The number of aryl methyl sites for hydroxylation is 2. The number of rotatable bonds is 4. The zero-order valence-electron chi connectivity index (χ0n) is 12.2. The van der Waals surface area contributed by atoms with Crippen molar-refractivity contribution in [3.63, 3.8) is 0 Å². The number of alkyl halides is 3. The number of nitrogens with zero attached hydrogens (tertiary/aromatic N) is 2. The molecule has 0 amide bonds. The Kier molecular flexibility index (Phi) is 4.37. The molecule has 1 heterocycles. The average Bonchev–Trinajstić information content (AvgIpc) is 2.73. The molecule has 1 aromatic carbocycles. The van der Waals surface area contributed by atoms with E-state index in [4.69, 9.17) is 0 Å². The Morgan fingerprint density at radius 1 is 1.29 bits per heavy atom. The Morgan fingerprint density at radius 3 is 2.52 bits per heavy atom. The first-order valence-corrected chi connectivity index (χ1v) is 6.65. The molecule has 1 unspecified atom stereocenters. The standard InChI is InChI=1S/C15H18F3N3/c1-10-7-13(21(3)20-10)9-14(19-2)11-5-4-6-12(8-11)15(16,17)18/h4-8,14,19H,9H2,1-3H3. The lowest BCUT2D eigenvalue weighted by Crippen LogP contribution is -2.20. The highest BCUT2D eigenvalue weighted by molar-refractivity contribution is 5.29. The van der Waals surface area contributed by atoms with Crippen LogP contribution < -0.4 is 5.32 Å². The summed E-state index contributed by atoms with van der Waals surface area (Å²) in [7, 11) is 3.58. The number of hydrogen-bond donors (Lipinski definition) is 1. The second-order valence-electron chi connectivity index (χ2n) is 5.07. The van der Waals surface area contributed by atoms with Gasteiger partial charge in [0.15, 0.2) is 0 Å². The van der Waals surface area contributed by atoms with Crippen LogP contribution >= 0.6 is 0 Å². The fourth-order valence-corrected chi connectivity index (χ4v) is 2.38. The van der Waals surface area contributed by atoms with Gasteiger partial charge in [0, 0.05) is 25.2 Å². The summed E-state index contributed by atoms with van der Waals surface area (Å²) in [6.07, 6.45) is -3.74. The number of halogens is 3. The minimum atomic E-state index is -4.32. The van der Waals surface area contributed by atoms with Crippen molar-refractivity contribution in [1.82, 2.24) is 15.1 Å². The first kappa shape index (κ1) is 15.6. The van der Waals surface area contributed by atoms with E-state index < -0.39 is 11.7 Å². The first-order chi connectivity index (χ1) is 9.81. The van der Waals surface area contributed by atoms with Crippen LogP contribution in [0.1, 0.15) is 28.6 Å². The number of benzene rings is 1. The maximum atomic E-state index is 12.8. The molecule has 1 atom stereocenters. The maximum Gasteiger partial charge on any atom is 0.416 e. The zero-order valence-corrected chi connectivity index (χ0v) is 12.2. The van der Waals surface area contributed by atoms with Crippen molar-refractivity contribution in [3.05, 3.63) is 52.8 Å². The van der Waals surface area contributed by atoms with E-state index in [0.717, 1.165) is 17.5 Å². The van der Waals surface area contributed by atoms with Gasteiger partial charge in [-0.05, 0) is 37.7 Å². The summed E-state index contributed by atoms with van der Waals surface area (Å²) in [5.74, 6) is 0. The molecule has 1 N–H and O–H groups in total. The fraction of sp³-hybridized carbons (Fsp3) is 0.400. The number of nitrogens with one attached hydrogen (secondary N) is 1. The van der Waals surface area contributed by atoms with Gasteiger partial charge < -0.3 is 5.32 Å². The van der Waals surface area contributed by atoms with E-state index in [1.54, 1.807) is 17.8 Å². The van der Waals surface area contributed by atoms with Gasteiger partial charge in [0.25, 0.3) is 0 Å². The van der Waals surface area contributed by atoms with E-state index >= 15 is 0 Å². The molecule has 0 aliphatic carbocycles. The van der Waals surface area contributed by atoms with E-state index in [2.05, 4.69) is 10.4 Å². The molecular weight excluding hydrogens is 279 g/mol. The molecule has 0 radical (unpaired) electrons. The Labute approximate surface area is 121 Å². The topological polar surface area (TPSA) is 29.9 Å². The smallest absolute Gasteiger partial charge is 0.313 e. The van der Waals surface area contributed by atoms with E-state index in [9.17, 15) is 13.2 Å². The van der Waals surface area contributed by atoms with Gasteiger partial charge in [-0.2, -0.15) is 18.3 Å². The van der Waals surface area contributed by atoms with Crippen LogP contribution in [-0.4, -0.2) is 16.8 Å². The summed E-state index contributed by atoms with van der Waals surface area (Å²) in [5, 5.41) is 7.33. The highest BCUT2D eigenvalue weighted by atomic mass is 19.4. The summed E-state index contributed by atoms with van der Waals surface area (Å²) >= 11 is 0. The third kappa shape index (κ3) is 3.64. The Bertz CT molecular complexity index is 617. The van der Waals surface area contributed by atoms with Crippen LogP contribution in [0.5, 0.6) is 0 Å². The number of aromatic nitrogens is 2. The Balaban J connectivity index is 2.27. The molecule has 0 bridgehead atoms. The summed E-state index contributed by atoms with van der Waals surface area (Å²) in [6.45, 7) is 1.89. The molecule has 0 spiro atoms. The van der Waals surface area contributed by atoms with Crippen LogP contribution in [0.2, 0.25) is 0 Å². The second kappa shape index (κ2) is 5.89. The Hall–Kier alpha value is -1.82. The minimum absolute atomic E-state index is 0.193. The maximum absolute atomic E-state index is 12.8. The van der Waals surface area contributed by atoms with Crippen LogP contribution in [0.25, 0.3) is 0 Å². The molecule has 0 aliphatic rings. The third-order valence-electron chi connectivity index (χ3n) is 3.48. The van der Waals surface area contributed by atoms with E-state index in [-0.39, 0.29) is 6.04 Å². The summed E-state index contributed by atoms with van der Waals surface area (Å²) in [5.41, 5.74) is 1.86. The average molecular weight is 297 g/mol. The fourth-order valence-electron chi connectivity index (χ4n) is 2.38. The lowest BCUT2D eigenvalue weighted by atomic mass is 9.99. The molecule has 1 aromatic heterocycles. The van der Waals surface area contributed by atoms with Crippen LogP contribution in [0.3, 0.4) is 0 Å². The predicted molar refractivity (Wildman–Crippen MR) is 74.9 cm³/mol. The molecule has 3 nitrogen and oxygen atoms in total. The molecule has 2 aromatic rings. The minimum Gasteiger partial charge on any atom is -0.313 e. The summed E-state index contributed by atoms with van der Waals surface area (Å²) < 4.78 is 40.1. The van der Waals surface area contributed by atoms with Crippen molar-refractivity contribution in [2.45, 2.75) is 25.6 Å². The number of hydrogen-bond acceptors (Lipinski definition) is 2. The Morgan fingerprint density at radius 2 is 2.00 bits per heavy atom. The van der Waals surface area contributed by atoms with Gasteiger partial charge >= 0.3 is 6.18 Å². The summed E-state index contributed by atoms with van der Waals surface area (Å²) in [4.78, 5) is 0. The SMILES string of the molecule is CNC(Cc1cc(C)nn1C)c1cccc(C(F)(F)F)c1. The molecular formula is C15H18F3N3. The van der Waals surface area contributed by atoms with Crippen molar-refractivity contribution >= 4 is 0 Å². The van der Waals surface area contributed by atoms with Gasteiger partial charge in [-0.15, -0.1) is 0 Å². The van der Waals surface area contributed by atoms with Crippen molar-refractivity contribution in [1.29, 1.82) is 0 Å². The van der Waals surface area contributed by atoms with Gasteiger partial charge in [0.2, 0.25) is 0 Å². The second-order valence-corrected chi connectivity index (χ2v) is 5.07. The monoisotopic (exact) mass is 297 g/mol. The van der Waals surface area contributed by atoms with Crippen molar-refractivity contribution in [2.24, 2.45) is 7.05 Å². The molecule has 0 saturated carbocycles. The van der Waals surface area contributed by atoms with Gasteiger partial charge in [0.1, 0.15) is 0 Å². The van der Waals surface area contributed by atoms with Crippen molar-refractivity contribution < 1.29 is 13.2 Å². The van der Waals surface area contributed by atoms with Gasteiger partial charge in [-0.3, -0.25) is 4.68 Å². The summed E-state index contributed by atoms with van der Waals surface area (Å²) in [6, 6.07) is 7.19. The van der Waals surface area contributed by atoms with Crippen LogP contribution in [-0.2, 0) is 19.6 Å². The molecule has 0 aliphatic heterocycles. The van der Waals surface area contributed by atoms with Gasteiger partial charge in [0.05, 0.1) is 11.3 Å². The quantitative estimate of drug-likeness (QED) is 0.939. The van der Waals surface area contributed by atoms with E-state index in [0.29, 0.717) is 12.0 Å². The third-order valence-corrected chi connectivity index (χ3v) is 3.48. The van der Waals surface area contributed by atoms with Crippen molar-refractivity contribution in [2.75, 3.05) is 7.05 Å². The molecule has 0 saturated heterocycles. The predicted octanol–water partition coefficient (Wildman–Crippen LogP) is 3.25. The largest absolute Gasteiger partial charge is 0.416 e. The van der Waals surface area contributed by atoms with E-state index in [1.807, 2.05) is 20.0 Å². The molecule has 2 rings (SSSR count).